The summed E-state index contributed by atoms with van der Waals surface area (Å²) in [6, 6.07) is 7.72. The summed E-state index contributed by atoms with van der Waals surface area (Å²) in [5.41, 5.74) is 0.981. The van der Waals surface area contributed by atoms with Crippen molar-refractivity contribution in [1.29, 1.82) is 0 Å². The van der Waals surface area contributed by atoms with Gasteiger partial charge in [0.05, 0.1) is 0 Å². The fraction of sp³-hybridized carbons (Fsp3) is 0.400. The first-order valence-corrected chi connectivity index (χ1v) is 4.60. The van der Waals surface area contributed by atoms with E-state index >= 15 is 0 Å². The van der Waals surface area contributed by atoms with E-state index in [-0.39, 0.29) is 18.4 Å². The molecule has 1 aliphatic heterocycles. The molecule has 2 rings (SSSR count). The van der Waals surface area contributed by atoms with Crippen molar-refractivity contribution in [2.75, 3.05) is 19.6 Å². The molecule has 1 aliphatic rings. The first-order chi connectivity index (χ1) is 6.38. The van der Waals surface area contributed by atoms with Crippen LogP contribution < -0.4 is 10.6 Å². The number of aromatic hydroxyl groups is 1. The first kappa shape index (κ1) is 11.3. The molecule has 3 N–H and O–H groups in total. The van der Waals surface area contributed by atoms with Gasteiger partial charge in [0.15, 0.2) is 0 Å². The molecule has 3 nitrogen and oxygen atoms in total. The highest BCUT2D eigenvalue weighted by Gasteiger charge is 2.16. The lowest BCUT2D eigenvalue weighted by Gasteiger charge is -2.25. The van der Waals surface area contributed by atoms with E-state index < -0.39 is 0 Å². The Bertz CT molecular complexity index is 287. The average molecular weight is 215 g/mol. The summed E-state index contributed by atoms with van der Waals surface area (Å²) in [4.78, 5) is 0. The Balaban J connectivity index is 0.000000980. The zero-order valence-corrected chi connectivity index (χ0v) is 8.68. The summed E-state index contributed by atoms with van der Waals surface area (Å²) in [7, 11) is 0. The standard InChI is InChI=1S/C10H14N2O.ClH/c13-10-4-2-1-3-8(10)9-7-11-5-6-12-9;/h1-4,9,11-13H,5-7H2;1H/t9-;/m1./s1. The highest BCUT2D eigenvalue weighted by atomic mass is 35.5. The third kappa shape index (κ3) is 2.38. The van der Waals surface area contributed by atoms with E-state index in [1.807, 2.05) is 18.2 Å². The molecule has 0 spiro atoms. The molecule has 1 fully saturated rings. The van der Waals surface area contributed by atoms with Gasteiger partial charge in [-0.2, -0.15) is 0 Å². The molecule has 1 atom stereocenters. The Morgan fingerprint density at radius 1 is 1.21 bits per heavy atom. The van der Waals surface area contributed by atoms with E-state index in [1.165, 1.54) is 0 Å². The normalized spacial score (nSPS) is 21.3. The maximum atomic E-state index is 9.59. The van der Waals surface area contributed by atoms with Gasteiger partial charge in [-0.05, 0) is 6.07 Å². The Labute approximate surface area is 89.9 Å². The van der Waals surface area contributed by atoms with Crippen molar-refractivity contribution in [3.63, 3.8) is 0 Å². The summed E-state index contributed by atoms with van der Waals surface area (Å²) in [6.45, 7) is 2.85. The van der Waals surface area contributed by atoms with Crippen molar-refractivity contribution in [3.8, 4) is 5.75 Å². The number of piperazine rings is 1. The van der Waals surface area contributed by atoms with Crippen molar-refractivity contribution >= 4 is 12.4 Å². The van der Waals surface area contributed by atoms with Crippen molar-refractivity contribution in [2.45, 2.75) is 6.04 Å². The third-order valence-electron chi connectivity index (χ3n) is 2.35. The Morgan fingerprint density at radius 3 is 2.64 bits per heavy atom. The molecule has 0 radical (unpaired) electrons. The number of phenolic OH excluding ortho intramolecular Hbond substituents is 1. The molecule has 0 aromatic heterocycles. The van der Waals surface area contributed by atoms with Crippen LogP contribution in [0.1, 0.15) is 11.6 Å². The number of hydrogen-bond acceptors (Lipinski definition) is 3. The topological polar surface area (TPSA) is 44.3 Å². The number of nitrogens with one attached hydrogen (secondary N) is 2. The zero-order valence-electron chi connectivity index (χ0n) is 7.86. The van der Waals surface area contributed by atoms with Crippen LogP contribution >= 0.6 is 12.4 Å². The van der Waals surface area contributed by atoms with E-state index in [0.717, 1.165) is 25.2 Å². The fourth-order valence-electron chi connectivity index (χ4n) is 1.66. The Morgan fingerprint density at radius 2 is 2.00 bits per heavy atom. The number of para-hydroxylation sites is 1. The van der Waals surface area contributed by atoms with Crippen LogP contribution in [0, 0.1) is 0 Å². The van der Waals surface area contributed by atoms with Crippen molar-refractivity contribution < 1.29 is 5.11 Å². The predicted molar refractivity (Wildman–Crippen MR) is 59.0 cm³/mol. The molecular weight excluding hydrogens is 200 g/mol. The second kappa shape index (κ2) is 5.20. The molecule has 1 aromatic rings. The largest absolute Gasteiger partial charge is 0.508 e. The first-order valence-electron chi connectivity index (χ1n) is 4.60. The highest BCUT2D eigenvalue weighted by molar-refractivity contribution is 5.85. The van der Waals surface area contributed by atoms with E-state index in [0.29, 0.717) is 5.75 Å². The minimum atomic E-state index is 0. The number of hydrogen-bond donors (Lipinski definition) is 3. The van der Waals surface area contributed by atoms with Gasteiger partial charge in [-0.15, -0.1) is 12.4 Å². The van der Waals surface area contributed by atoms with Gasteiger partial charge in [-0.3, -0.25) is 0 Å². The van der Waals surface area contributed by atoms with E-state index in [2.05, 4.69) is 10.6 Å². The molecule has 14 heavy (non-hydrogen) atoms. The highest BCUT2D eigenvalue weighted by Crippen LogP contribution is 2.23. The molecule has 78 valence electrons. The lowest BCUT2D eigenvalue weighted by molar-refractivity contribution is 0.404. The molecule has 1 saturated heterocycles. The molecule has 0 amide bonds. The van der Waals surface area contributed by atoms with Gasteiger partial charge in [0.2, 0.25) is 0 Å². The average Bonchev–Trinajstić information content (AvgIpc) is 2.20. The molecule has 0 aliphatic carbocycles. The van der Waals surface area contributed by atoms with Crippen molar-refractivity contribution in [2.24, 2.45) is 0 Å². The van der Waals surface area contributed by atoms with Crippen molar-refractivity contribution in [1.82, 2.24) is 10.6 Å². The molecular formula is C10H15ClN2O. The molecule has 4 heteroatoms. The van der Waals surface area contributed by atoms with Gasteiger partial charge < -0.3 is 15.7 Å². The van der Waals surface area contributed by atoms with Gasteiger partial charge in [0.25, 0.3) is 0 Å². The predicted octanol–water partition coefficient (Wildman–Crippen LogP) is 1.05. The van der Waals surface area contributed by atoms with Gasteiger partial charge in [-0.25, -0.2) is 0 Å². The zero-order chi connectivity index (χ0) is 9.10. The summed E-state index contributed by atoms with van der Waals surface area (Å²) >= 11 is 0. The second-order valence-electron chi connectivity index (χ2n) is 3.27. The summed E-state index contributed by atoms with van der Waals surface area (Å²) < 4.78 is 0. The third-order valence-corrected chi connectivity index (χ3v) is 2.35. The van der Waals surface area contributed by atoms with Gasteiger partial charge in [-0.1, -0.05) is 18.2 Å². The van der Waals surface area contributed by atoms with E-state index in [4.69, 9.17) is 0 Å². The lowest BCUT2D eigenvalue weighted by atomic mass is 10.0. The van der Waals surface area contributed by atoms with Crippen LogP contribution in [-0.4, -0.2) is 24.7 Å². The quantitative estimate of drug-likeness (QED) is 0.655. The Kier molecular flexibility index (Phi) is 4.20. The van der Waals surface area contributed by atoms with Crippen LogP contribution in [0.15, 0.2) is 24.3 Å². The van der Waals surface area contributed by atoms with Crippen LogP contribution in [0.4, 0.5) is 0 Å². The van der Waals surface area contributed by atoms with Gasteiger partial charge in [0.1, 0.15) is 5.75 Å². The number of benzene rings is 1. The van der Waals surface area contributed by atoms with Gasteiger partial charge in [0, 0.05) is 31.2 Å². The maximum absolute atomic E-state index is 9.59. The summed E-state index contributed by atoms with van der Waals surface area (Å²) in [5, 5.41) is 16.2. The summed E-state index contributed by atoms with van der Waals surface area (Å²) in [5.74, 6) is 0.378. The minimum Gasteiger partial charge on any atom is -0.508 e. The van der Waals surface area contributed by atoms with Crippen LogP contribution in [0.2, 0.25) is 0 Å². The maximum Gasteiger partial charge on any atom is 0.120 e. The van der Waals surface area contributed by atoms with Crippen molar-refractivity contribution in [3.05, 3.63) is 29.8 Å². The monoisotopic (exact) mass is 214 g/mol. The second-order valence-corrected chi connectivity index (χ2v) is 3.27. The number of rotatable bonds is 1. The van der Waals surface area contributed by atoms with E-state index in [1.54, 1.807) is 6.07 Å². The molecule has 0 saturated carbocycles. The molecule has 1 aromatic carbocycles. The number of halogens is 1. The van der Waals surface area contributed by atoms with E-state index in [9.17, 15) is 5.11 Å². The minimum absolute atomic E-state index is 0. The summed E-state index contributed by atoms with van der Waals surface area (Å²) in [6.07, 6.45) is 0. The fourth-order valence-corrected chi connectivity index (χ4v) is 1.66. The molecule has 0 unspecified atom stereocenters. The smallest absolute Gasteiger partial charge is 0.120 e. The number of phenols is 1. The Hall–Kier alpha value is -0.770. The van der Waals surface area contributed by atoms with Crippen LogP contribution in [-0.2, 0) is 0 Å². The molecule has 0 bridgehead atoms. The lowest BCUT2D eigenvalue weighted by Crippen LogP contribution is -2.42. The molecule has 1 heterocycles. The van der Waals surface area contributed by atoms with Crippen LogP contribution in [0.25, 0.3) is 0 Å². The van der Waals surface area contributed by atoms with Crippen LogP contribution in [0.3, 0.4) is 0 Å². The van der Waals surface area contributed by atoms with Crippen LogP contribution in [0.5, 0.6) is 5.75 Å². The van der Waals surface area contributed by atoms with Gasteiger partial charge >= 0.3 is 0 Å². The SMILES string of the molecule is Cl.Oc1ccccc1[C@H]1CNCCN1.